The Morgan fingerprint density at radius 1 is 1.25 bits per heavy atom. The number of halogens is 1. The summed E-state index contributed by atoms with van der Waals surface area (Å²) < 4.78 is 1.62. The van der Waals surface area contributed by atoms with E-state index >= 15 is 0 Å². The number of primary amides is 1. The van der Waals surface area contributed by atoms with Gasteiger partial charge in [0, 0.05) is 16.8 Å². The van der Waals surface area contributed by atoms with E-state index in [0.717, 1.165) is 16.8 Å². The van der Waals surface area contributed by atoms with E-state index in [1.807, 2.05) is 19.1 Å². The number of nitrogens with zero attached hydrogens (tertiary/aromatic N) is 3. The average molecular weight is 287 g/mol. The minimum absolute atomic E-state index is 0.306. The molecule has 1 aromatic carbocycles. The molecular weight excluding hydrogens is 276 g/mol. The highest BCUT2D eigenvalue weighted by molar-refractivity contribution is 6.30. The summed E-state index contributed by atoms with van der Waals surface area (Å²) in [7, 11) is 0. The number of rotatable bonds is 2. The number of aryl methyl sites for hydroxylation is 1. The van der Waals surface area contributed by atoms with Gasteiger partial charge in [-0.05, 0) is 24.6 Å². The molecule has 1 amide bonds. The molecule has 2 aromatic heterocycles. The molecule has 0 aliphatic rings. The first-order valence-electron chi connectivity index (χ1n) is 5.97. The van der Waals surface area contributed by atoms with Gasteiger partial charge in [0.05, 0.1) is 11.9 Å². The third-order valence-electron chi connectivity index (χ3n) is 3.09. The van der Waals surface area contributed by atoms with Crippen molar-refractivity contribution in [1.82, 2.24) is 14.6 Å². The molecule has 0 saturated heterocycles. The normalized spacial score (nSPS) is 10.9. The number of fused-ring (bicyclic) bond motifs is 1. The maximum absolute atomic E-state index is 11.4. The molecule has 0 fully saturated rings. The Bertz CT molecular complexity index is 808. The lowest BCUT2D eigenvalue weighted by Crippen LogP contribution is -2.11. The number of hydrogen-bond acceptors (Lipinski definition) is 3. The molecule has 6 heteroatoms. The Morgan fingerprint density at radius 3 is 2.60 bits per heavy atom. The molecule has 0 bridgehead atoms. The molecule has 100 valence electrons. The van der Waals surface area contributed by atoms with Crippen LogP contribution in [0, 0.1) is 6.92 Å². The first-order chi connectivity index (χ1) is 9.58. The lowest BCUT2D eigenvalue weighted by atomic mass is 10.1. The van der Waals surface area contributed by atoms with Crippen LogP contribution in [0.25, 0.3) is 16.9 Å². The fourth-order valence-electron chi connectivity index (χ4n) is 2.15. The highest BCUT2D eigenvalue weighted by Gasteiger charge is 2.15. The first kappa shape index (κ1) is 12.6. The van der Waals surface area contributed by atoms with Crippen molar-refractivity contribution in [2.45, 2.75) is 6.92 Å². The molecule has 0 saturated carbocycles. The summed E-state index contributed by atoms with van der Waals surface area (Å²) in [5, 5.41) is 4.88. The van der Waals surface area contributed by atoms with Gasteiger partial charge in [-0.1, -0.05) is 23.7 Å². The summed E-state index contributed by atoms with van der Waals surface area (Å²) in [5.41, 5.74) is 8.83. The van der Waals surface area contributed by atoms with Crippen molar-refractivity contribution in [3.05, 3.63) is 52.8 Å². The number of benzene rings is 1. The summed E-state index contributed by atoms with van der Waals surface area (Å²) >= 11 is 5.91. The third kappa shape index (κ3) is 1.92. The standard InChI is InChI=1S/C14H11ClN4O/c1-8-6-17-14-11(13(16)20)7-18-19(14)12(8)9-2-4-10(15)5-3-9/h2-7H,1H3,(H2,16,20). The Hall–Kier alpha value is -2.40. The van der Waals surface area contributed by atoms with E-state index in [0.29, 0.717) is 16.2 Å². The van der Waals surface area contributed by atoms with Crippen LogP contribution >= 0.6 is 11.6 Å². The van der Waals surface area contributed by atoms with Gasteiger partial charge in [0.25, 0.3) is 5.91 Å². The zero-order valence-corrected chi connectivity index (χ0v) is 11.4. The molecule has 2 N–H and O–H groups in total. The smallest absolute Gasteiger partial charge is 0.254 e. The van der Waals surface area contributed by atoms with Crippen LogP contribution in [-0.2, 0) is 0 Å². The van der Waals surface area contributed by atoms with E-state index in [1.54, 1.807) is 22.8 Å². The Balaban J connectivity index is 2.32. The van der Waals surface area contributed by atoms with Crippen LogP contribution in [0.1, 0.15) is 15.9 Å². The van der Waals surface area contributed by atoms with Crippen LogP contribution in [0.3, 0.4) is 0 Å². The third-order valence-corrected chi connectivity index (χ3v) is 3.34. The van der Waals surface area contributed by atoms with Gasteiger partial charge in [0.1, 0.15) is 5.56 Å². The van der Waals surface area contributed by atoms with E-state index in [-0.39, 0.29) is 0 Å². The summed E-state index contributed by atoms with van der Waals surface area (Å²) in [5.74, 6) is -0.543. The van der Waals surface area contributed by atoms with Crippen LogP contribution in [0.4, 0.5) is 0 Å². The molecule has 3 aromatic rings. The largest absolute Gasteiger partial charge is 0.365 e. The van der Waals surface area contributed by atoms with Gasteiger partial charge in [-0.3, -0.25) is 4.79 Å². The maximum Gasteiger partial charge on any atom is 0.254 e. The zero-order chi connectivity index (χ0) is 14.3. The monoisotopic (exact) mass is 286 g/mol. The molecular formula is C14H11ClN4O. The van der Waals surface area contributed by atoms with Crippen LogP contribution in [0.15, 0.2) is 36.7 Å². The van der Waals surface area contributed by atoms with Gasteiger partial charge in [-0.15, -0.1) is 0 Å². The summed E-state index contributed by atoms with van der Waals surface area (Å²) in [6.07, 6.45) is 3.14. The van der Waals surface area contributed by atoms with Crippen LogP contribution < -0.4 is 5.73 Å². The number of carbonyl (C=O) groups excluding carboxylic acids is 1. The van der Waals surface area contributed by atoms with E-state index in [9.17, 15) is 4.79 Å². The lowest BCUT2D eigenvalue weighted by Gasteiger charge is -2.08. The maximum atomic E-state index is 11.4. The Kier molecular flexibility index (Phi) is 2.91. The second-order valence-electron chi connectivity index (χ2n) is 4.45. The number of nitrogens with two attached hydrogens (primary N) is 1. The second-order valence-corrected chi connectivity index (χ2v) is 4.89. The molecule has 2 heterocycles. The van der Waals surface area contributed by atoms with E-state index < -0.39 is 5.91 Å². The van der Waals surface area contributed by atoms with Crippen molar-refractivity contribution in [3.8, 4) is 11.3 Å². The summed E-state index contributed by atoms with van der Waals surface area (Å²) in [4.78, 5) is 15.6. The van der Waals surface area contributed by atoms with Gasteiger partial charge in [0.2, 0.25) is 0 Å². The minimum Gasteiger partial charge on any atom is -0.365 e. The average Bonchev–Trinajstić information content (AvgIpc) is 2.84. The zero-order valence-electron chi connectivity index (χ0n) is 10.7. The van der Waals surface area contributed by atoms with Gasteiger partial charge in [0.15, 0.2) is 5.65 Å². The quantitative estimate of drug-likeness (QED) is 0.786. The number of hydrogen-bond donors (Lipinski definition) is 1. The molecule has 5 nitrogen and oxygen atoms in total. The summed E-state index contributed by atoms with van der Waals surface area (Å²) in [6, 6.07) is 7.41. The molecule has 0 aliphatic carbocycles. The molecule has 0 unspecified atom stereocenters. The van der Waals surface area contributed by atoms with Gasteiger partial charge < -0.3 is 5.73 Å². The first-order valence-corrected chi connectivity index (χ1v) is 6.35. The van der Waals surface area contributed by atoms with Gasteiger partial charge >= 0.3 is 0 Å². The number of amides is 1. The lowest BCUT2D eigenvalue weighted by molar-refractivity contribution is 0.100. The van der Waals surface area contributed by atoms with E-state index in [1.165, 1.54) is 6.20 Å². The molecule has 0 spiro atoms. The van der Waals surface area contributed by atoms with E-state index in [2.05, 4.69) is 10.1 Å². The van der Waals surface area contributed by atoms with Crippen molar-refractivity contribution in [2.75, 3.05) is 0 Å². The van der Waals surface area contributed by atoms with Crippen LogP contribution in [0.5, 0.6) is 0 Å². The SMILES string of the molecule is Cc1cnc2c(C(N)=O)cnn2c1-c1ccc(Cl)cc1. The fraction of sp³-hybridized carbons (Fsp3) is 0.0714. The molecule has 0 atom stereocenters. The predicted octanol–water partition coefficient (Wildman–Crippen LogP) is 2.46. The van der Waals surface area contributed by atoms with Crippen molar-refractivity contribution in [3.63, 3.8) is 0 Å². The van der Waals surface area contributed by atoms with Gasteiger partial charge in [-0.25, -0.2) is 9.50 Å². The highest BCUT2D eigenvalue weighted by Crippen LogP contribution is 2.25. The molecule has 20 heavy (non-hydrogen) atoms. The van der Waals surface area contributed by atoms with Crippen LogP contribution in [0.2, 0.25) is 5.02 Å². The second kappa shape index (κ2) is 4.61. The fourth-order valence-corrected chi connectivity index (χ4v) is 2.27. The summed E-state index contributed by atoms with van der Waals surface area (Å²) in [6.45, 7) is 1.93. The number of aromatic nitrogens is 3. The van der Waals surface area contributed by atoms with E-state index in [4.69, 9.17) is 17.3 Å². The van der Waals surface area contributed by atoms with Crippen molar-refractivity contribution >= 4 is 23.2 Å². The predicted molar refractivity (Wildman–Crippen MR) is 76.7 cm³/mol. The molecule has 0 radical (unpaired) electrons. The Labute approximate surface area is 120 Å². The topological polar surface area (TPSA) is 73.3 Å². The van der Waals surface area contributed by atoms with Crippen molar-refractivity contribution < 1.29 is 4.79 Å². The van der Waals surface area contributed by atoms with Gasteiger partial charge in [-0.2, -0.15) is 5.10 Å². The Morgan fingerprint density at radius 2 is 1.95 bits per heavy atom. The number of carbonyl (C=O) groups is 1. The highest BCUT2D eigenvalue weighted by atomic mass is 35.5. The molecule has 0 aliphatic heterocycles. The molecule has 3 rings (SSSR count). The van der Waals surface area contributed by atoms with Crippen molar-refractivity contribution in [1.29, 1.82) is 0 Å². The minimum atomic E-state index is -0.543. The van der Waals surface area contributed by atoms with Crippen molar-refractivity contribution in [2.24, 2.45) is 5.73 Å². The van der Waals surface area contributed by atoms with Crippen LogP contribution in [-0.4, -0.2) is 20.5 Å².